The molecule has 0 spiro atoms. The lowest BCUT2D eigenvalue weighted by atomic mass is 10.1. The zero-order chi connectivity index (χ0) is 10.1. The largest absolute Gasteiger partial charge is 0.524 e. The molecule has 2 unspecified atom stereocenters. The van der Waals surface area contributed by atoms with Gasteiger partial charge in [-0.3, -0.25) is 4.74 Å². The second kappa shape index (κ2) is 3.32. The van der Waals surface area contributed by atoms with Gasteiger partial charge in [-0.2, -0.15) is 0 Å². The summed E-state index contributed by atoms with van der Waals surface area (Å²) in [7, 11) is 0. The molecule has 0 aromatic heterocycles. The van der Waals surface area contributed by atoms with Crippen LogP contribution in [0.2, 0.25) is 0 Å². The monoisotopic (exact) mass is 213 g/mol. The van der Waals surface area contributed by atoms with E-state index >= 15 is 0 Å². The quantitative estimate of drug-likeness (QED) is 0.676. The van der Waals surface area contributed by atoms with E-state index in [2.05, 4.69) is 4.74 Å². The summed E-state index contributed by atoms with van der Waals surface area (Å²) in [4.78, 5) is 0. The molecule has 0 heterocycles. The molecule has 0 saturated carbocycles. The van der Waals surface area contributed by atoms with Gasteiger partial charge in [-0.15, -0.1) is 13.2 Å². The first-order valence-corrected chi connectivity index (χ1v) is 3.79. The van der Waals surface area contributed by atoms with E-state index in [0.29, 0.717) is 0 Å². The Hall–Kier alpha value is -0.520. The molecule has 2 nitrogen and oxygen atoms in total. The van der Waals surface area contributed by atoms with Crippen molar-refractivity contribution in [2.75, 3.05) is 0 Å². The van der Waals surface area contributed by atoms with Gasteiger partial charge in [-0.1, -0.05) is 29.8 Å². The number of hydrogen-bond donors (Lipinski definition) is 1. The third-order valence-corrected chi connectivity index (χ3v) is 1.93. The summed E-state index contributed by atoms with van der Waals surface area (Å²) in [6, 6.07) is -1.01. The minimum atomic E-state index is -4.80. The molecule has 2 atom stereocenters. The molecule has 1 aliphatic rings. The highest BCUT2D eigenvalue weighted by atomic mass is 35.5. The molecular formula is C7H7ClF3NO. The summed E-state index contributed by atoms with van der Waals surface area (Å²) in [5.74, 6) is 0. The van der Waals surface area contributed by atoms with E-state index in [1.54, 1.807) is 0 Å². The molecule has 0 bridgehead atoms. The molecule has 2 N–H and O–H groups in total. The van der Waals surface area contributed by atoms with Crippen molar-refractivity contribution < 1.29 is 17.9 Å². The normalized spacial score (nSPS) is 33.8. The Labute approximate surface area is 77.8 Å². The fourth-order valence-corrected chi connectivity index (χ4v) is 1.13. The van der Waals surface area contributed by atoms with Gasteiger partial charge in [-0.05, 0) is 6.08 Å². The second-order valence-electron chi connectivity index (χ2n) is 2.52. The van der Waals surface area contributed by atoms with E-state index in [1.807, 2.05) is 0 Å². The van der Waals surface area contributed by atoms with Gasteiger partial charge in [0.05, 0.1) is 6.04 Å². The molecule has 1 rings (SSSR count). The molecule has 13 heavy (non-hydrogen) atoms. The smallest absolute Gasteiger partial charge is 0.321 e. The summed E-state index contributed by atoms with van der Waals surface area (Å²) in [6.07, 6.45) is 0.452. The van der Waals surface area contributed by atoms with Crippen molar-refractivity contribution in [1.29, 1.82) is 0 Å². The molecule has 0 fully saturated rings. The molecule has 0 aromatic rings. The molecule has 0 saturated heterocycles. The minimum absolute atomic E-state index is 1.01. The fourth-order valence-electron chi connectivity index (χ4n) is 0.892. The van der Waals surface area contributed by atoms with E-state index in [-0.39, 0.29) is 0 Å². The SMILES string of the molecule is NC1C=CC=CC1(Cl)OC(F)(F)F. The van der Waals surface area contributed by atoms with Gasteiger partial charge >= 0.3 is 6.36 Å². The minimum Gasteiger partial charge on any atom is -0.321 e. The van der Waals surface area contributed by atoms with Crippen LogP contribution in [0.15, 0.2) is 24.3 Å². The highest BCUT2D eigenvalue weighted by Gasteiger charge is 2.44. The first kappa shape index (κ1) is 10.6. The Morgan fingerprint density at radius 3 is 2.46 bits per heavy atom. The highest BCUT2D eigenvalue weighted by Crippen LogP contribution is 2.33. The molecular weight excluding hydrogens is 207 g/mol. The van der Waals surface area contributed by atoms with Crippen LogP contribution < -0.4 is 5.73 Å². The number of allylic oxidation sites excluding steroid dienone is 2. The fraction of sp³-hybridized carbons (Fsp3) is 0.429. The van der Waals surface area contributed by atoms with Crippen LogP contribution in [0.25, 0.3) is 0 Å². The standard InChI is InChI=1S/C7H7ClF3NO/c8-6(13-7(9,10)11)4-2-1-3-5(6)12/h1-5H,12H2. The summed E-state index contributed by atoms with van der Waals surface area (Å²) in [5.41, 5.74) is 5.33. The Bertz CT molecular complexity index is 251. The van der Waals surface area contributed by atoms with Crippen LogP contribution in [0.1, 0.15) is 0 Å². The van der Waals surface area contributed by atoms with Gasteiger partial charge in [0.1, 0.15) is 0 Å². The van der Waals surface area contributed by atoms with E-state index < -0.39 is 17.5 Å². The third kappa shape index (κ3) is 2.72. The van der Waals surface area contributed by atoms with Crippen molar-refractivity contribution in [2.24, 2.45) is 5.73 Å². The van der Waals surface area contributed by atoms with Gasteiger partial charge < -0.3 is 5.73 Å². The Morgan fingerprint density at radius 1 is 1.38 bits per heavy atom. The first-order chi connectivity index (χ1) is 5.83. The van der Waals surface area contributed by atoms with Crippen LogP contribution >= 0.6 is 11.6 Å². The van der Waals surface area contributed by atoms with E-state index in [9.17, 15) is 13.2 Å². The maximum Gasteiger partial charge on any atom is 0.524 e. The first-order valence-electron chi connectivity index (χ1n) is 3.41. The van der Waals surface area contributed by atoms with Crippen LogP contribution in [-0.2, 0) is 4.74 Å². The molecule has 74 valence electrons. The maximum absolute atomic E-state index is 11.8. The average molecular weight is 214 g/mol. The topological polar surface area (TPSA) is 35.2 Å². The van der Waals surface area contributed by atoms with Crippen LogP contribution in [0, 0.1) is 0 Å². The van der Waals surface area contributed by atoms with E-state index in [4.69, 9.17) is 17.3 Å². The molecule has 0 amide bonds. The van der Waals surface area contributed by atoms with Crippen molar-refractivity contribution in [1.82, 2.24) is 0 Å². The lowest BCUT2D eigenvalue weighted by molar-refractivity contribution is -0.345. The molecule has 0 radical (unpaired) electrons. The summed E-state index contributed by atoms with van der Waals surface area (Å²) in [6.45, 7) is 0. The molecule has 0 aliphatic heterocycles. The third-order valence-electron chi connectivity index (χ3n) is 1.48. The van der Waals surface area contributed by atoms with Gasteiger partial charge in [-0.25, -0.2) is 0 Å². The van der Waals surface area contributed by atoms with Crippen molar-refractivity contribution in [3.63, 3.8) is 0 Å². The van der Waals surface area contributed by atoms with Crippen molar-refractivity contribution in [3.8, 4) is 0 Å². The summed E-state index contributed by atoms with van der Waals surface area (Å²) >= 11 is 5.50. The highest BCUT2D eigenvalue weighted by molar-refractivity contribution is 6.25. The van der Waals surface area contributed by atoms with Gasteiger partial charge in [0.2, 0.25) is 0 Å². The van der Waals surface area contributed by atoms with Crippen molar-refractivity contribution >= 4 is 11.6 Å². The van der Waals surface area contributed by atoms with Gasteiger partial charge in [0, 0.05) is 0 Å². The molecule has 1 aliphatic carbocycles. The van der Waals surface area contributed by atoms with E-state index in [1.165, 1.54) is 18.2 Å². The number of halogens is 4. The Kier molecular flexibility index (Phi) is 2.70. The van der Waals surface area contributed by atoms with Crippen LogP contribution in [-0.4, -0.2) is 17.5 Å². The van der Waals surface area contributed by atoms with E-state index in [0.717, 1.165) is 6.08 Å². The van der Waals surface area contributed by atoms with Crippen molar-refractivity contribution in [3.05, 3.63) is 24.3 Å². The predicted molar refractivity (Wildman–Crippen MR) is 42.0 cm³/mol. The molecule has 0 aromatic carbocycles. The molecule has 6 heteroatoms. The Morgan fingerprint density at radius 2 is 2.00 bits per heavy atom. The number of nitrogens with two attached hydrogens (primary N) is 1. The van der Waals surface area contributed by atoms with Gasteiger partial charge in [0.15, 0.2) is 5.06 Å². The zero-order valence-corrected chi connectivity index (χ0v) is 7.14. The lowest BCUT2D eigenvalue weighted by Gasteiger charge is -2.30. The number of alkyl halides is 4. The average Bonchev–Trinajstić information content (AvgIpc) is 1.92. The van der Waals surface area contributed by atoms with Crippen molar-refractivity contribution in [2.45, 2.75) is 17.5 Å². The lowest BCUT2D eigenvalue weighted by Crippen LogP contribution is -2.46. The maximum atomic E-state index is 11.8. The zero-order valence-electron chi connectivity index (χ0n) is 6.38. The second-order valence-corrected chi connectivity index (χ2v) is 3.11. The number of ether oxygens (including phenoxy) is 1. The predicted octanol–water partition coefficient (Wildman–Crippen LogP) is 1.91. The summed E-state index contributed by atoms with van der Waals surface area (Å²) < 4.78 is 39.2. The van der Waals surface area contributed by atoms with Crippen LogP contribution in [0.3, 0.4) is 0 Å². The van der Waals surface area contributed by atoms with Crippen LogP contribution in [0.4, 0.5) is 13.2 Å². The number of rotatable bonds is 1. The Balaban J connectivity index is 2.76. The number of hydrogen-bond acceptors (Lipinski definition) is 2. The van der Waals surface area contributed by atoms with Gasteiger partial charge in [0.25, 0.3) is 0 Å². The summed E-state index contributed by atoms with van der Waals surface area (Å²) in [5, 5.41) is -2.02. The van der Waals surface area contributed by atoms with Crippen LogP contribution in [0.5, 0.6) is 0 Å².